The molecule has 0 aliphatic rings. The molecule has 0 atom stereocenters. The Morgan fingerprint density at radius 2 is 1.65 bits per heavy atom. The van der Waals surface area contributed by atoms with E-state index in [1.807, 2.05) is 0 Å². The van der Waals surface area contributed by atoms with Gasteiger partial charge in [-0.15, -0.1) is 0 Å². The standard InChI is InChI=1S/C18H25ClO/c1-15-11-10-12-16(2)17(15)13-8-6-4-3-5-7-9-14-18(19)20/h8,10-13H,3-7,9,14H2,1-2H3. The lowest BCUT2D eigenvalue weighted by Crippen LogP contribution is -1.86. The Kier molecular flexibility index (Phi) is 8.29. The zero-order chi connectivity index (χ0) is 14.8. The highest BCUT2D eigenvalue weighted by molar-refractivity contribution is 6.63. The van der Waals surface area contributed by atoms with E-state index < -0.39 is 0 Å². The Hall–Kier alpha value is -1.08. The van der Waals surface area contributed by atoms with Gasteiger partial charge in [-0.05, 0) is 61.4 Å². The summed E-state index contributed by atoms with van der Waals surface area (Å²) in [5, 5.41) is -0.207. The molecule has 1 rings (SSSR count). The zero-order valence-corrected chi connectivity index (χ0v) is 13.4. The van der Waals surface area contributed by atoms with E-state index in [4.69, 9.17) is 11.6 Å². The van der Waals surface area contributed by atoms with Gasteiger partial charge in [0.25, 0.3) is 0 Å². The fourth-order valence-corrected chi connectivity index (χ4v) is 2.48. The van der Waals surface area contributed by atoms with Crippen LogP contribution in [0.4, 0.5) is 0 Å². The van der Waals surface area contributed by atoms with E-state index in [-0.39, 0.29) is 5.24 Å². The van der Waals surface area contributed by atoms with Gasteiger partial charge in [0.05, 0.1) is 0 Å². The minimum Gasteiger partial charge on any atom is -0.281 e. The minimum atomic E-state index is -0.207. The Morgan fingerprint density at radius 1 is 1.05 bits per heavy atom. The molecule has 0 bridgehead atoms. The molecule has 0 spiro atoms. The summed E-state index contributed by atoms with van der Waals surface area (Å²) in [4.78, 5) is 10.6. The van der Waals surface area contributed by atoms with Crippen LogP contribution in [-0.2, 0) is 4.79 Å². The summed E-state index contributed by atoms with van der Waals surface area (Å²) in [7, 11) is 0. The highest BCUT2D eigenvalue weighted by Gasteiger charge is 1.97. The summed E-state index contributed by atoms with van der Waals surface area (Å²) < 4.78 is 0. The minimum absolute atomic E-state index is 0.207. The van der Waals surface area contributed by atoms with Crippen LogP contribution in [0, 0.1) is 13.8 Å². The van der Waals surface area contributed by atoms with Gasteiger partial charge in [0.15, 0.2) is 0 Å². The third-order valence-electron chi connectivity index (χ3n) is 3.57. The lowest BCUT2D eigenvalue weighted by Gasteiger charge is -2.04. The molecule has 0 aromatic heterocycles. The molecular formula is C18H25ClO. The lowest BCUT2D eigenvalue weighted by atomic mass is 10.0. The van der Waals surface area contributed by atoms with Crippen LogP contribution in [0.1, 0.15) is 61.6 Å². The van der Waals surface area contributed by atoms with Gasteiger partial charge in [-0.25, -0.2) is 0 Å². The fraction of sp³-hybridized carbons (Fsp3) is 0.500. The second-order valence-electron chi connectivity index (χ2n) is 5.37. The lowest BCUT2D eigenvalue weighted by molar-refractivity contribution is -0.111. The SMILES string of the molecule is Cc1cccc(C)c1C=CCCCCCCCC(=O)Cl. The predicted molar refractivity (Wildman–Crippen MR) is 88.1 cm³/mol. The van der Waals surface area contributed by atoms with E-state index >= 15 is 0 Å². The van der Waals surface area contributed by atoms with E-state index in [0.29, 0.717) is 6.42 Å². The Morgan fingerprint density at radius 3 is 2.30 bits per heavy atom. The topological polar surface area (TPSA) is 17.1 Å². The zero-order valence-electron chi connectivity index (χ0n) is 12.6. The summed E-state index contributed by atoms with van der Waals surface area (Å²) >= 11 is 5.29. The van der Waals surface area contributed by atoms with Crippen molar-refractivity contribution in [2.75, 3.05) is 0 Å². The van der Waals surface area contributed by atoms with Crippen LogP contribution >= 0.6 is 11.6 Å². The van der Waals surface area contributed by atoms with Gasteiger partial charge >= 0.3 is 0 Å². The van der Waals surface area contributed by atoms with E-state index in [9.17, 15) is 4.79 Å². The number of unbranched alkanes of at least 4 members (excludes halogenated alkanes) is 5. The first-order chi connectivity index (χ1) is 9.61. The number of rotatable bonds is 9. The predicted octanol–water partition coefficient (Wildman–Crippen LogP) is 5.81. The second-order valence-corrected chi connectivity index (χ2v) is 5.79. The van der Waals surface area contributed by atoms with Crippen molar-refractivity contribution in [2.45, 2.75) is 58.8 Å². The Bertz CT molecular complexity index is 428. The average molecular weight is 293 g/mol. The number of carbonyl (C=O) groups excluding carboxylic acids is 1. The molecule has 0 radical (unpaired) electrons. The molecular weight excluding hydrogens is 268 g/mol. The van der Waals surface area contributed by atoms with E-state index in [2.05, 4.69) is 44.2 Å². The average Bonchev–Trinajstić information content (AvgIpc) is 2.39. The molecule has 1 nitrogen and oxygen atoms in total. The molecule has 0 unspecified atom stereocenters. The van der Waals surface area contributed by atoms with Crippen LogP contribution < -0.4 is 0 Å². The van der Waals surface area contributed by atoms with Gasteiger partial charge in [-0.2, -0.15) is 0 Å². The number of halogens is 1. The number of hydrogen-bond donors (Lipinski definition) is 0. The summed E-state index contributed by atoms with van der Waals surface area (Å²) in [6, 6.07) is 6.42. The molecule has 110 valence electrons. The van der Waals surface area contributed by atoms with Crippen molar-refractivity contribution in [1.82, 2.24) is 0 Å². The number of hydrogen-bond acceptors (Lipinski definition) is 1. The van der Waals surface area contributed by atoms with Crippen LogP contribution in [-0.4, -0.2) is 5.24 Å². The van der Waals surface area contributed by atoms with Crippen molar-refractivity contribution in [2.24, 2.45) is 0 Å². The van der Waals surface area contributed by atoms with Crippen LogP contribution in [0.3, 0.4) is 0 Å². The molecule has 0 saturated carbocycles. The summed E-state index contributed by atoms with van der Waals surface area (Å²) in [6.07, 6.45) is 11.9. The van der Waals surface area contributed by atoms with Crippen molar-refractivity contribution >= 4 is 22.9 Å². The first-order valence-corrected chi connectivity index (χ1v) is 7.90. The highest BCUT2D eigenvalue weighted by atomic mass is 35.5. The summed E-state index contributed by atoms with van der Waals surface area (Å²) in [6.45, 7) is 4.32. The molecule has 1 aromatic rings. The van der Waals surface area contributed by atoms with Crippen molar-refractivity contribution in [3.63, 3.8) is 0 Å². The Balaban J connectivity index is 2.15. The third-order valence-corrected chi connectivity index (χ3v) is 3.76. The monoisotopic (exact) mass is 292 g/mol. The van der Waals surface area contributed by atoms with E-state index in [0.717, 1.165) is 19.3 Å². The van der Waals surface area contributed by atoms with Gasteiger partial charge in [0, 0.05) is 6.42 Å². The molecule has 0 amide bonds. The molecule has 2 heteroatoms. The molecule has 0 fully saturated rings. The molecule has 20 heavy (non-hydrogen) atoms. The fourth-order valence-electron chi connectivity index (χ4n) is 2.35. The van der Waals surface area contributed by atoms with Gasteiger partial charge in [0.1, 0.15) is 0 Å². The van der Waals surface area contributed by atoms with E-state index in [1.54, 1.807) is 0 Å². The quantitative estimate of drug-likeness (QED) is 0.414. The van der Waals surface area contributed by atoms with Crippen LogP contribution in [0.15, 0.2) is 24.3 Å². The van der Waals surface area contributed by atoms with Crippen LogP contribution in [0.25, 0.3) is 6.08 Å². The first-order valence-electron chi connectivity index (χ1n) is 7.52. The Labute approximate surface area is 128 Å². The summed E-state index contributed by atoms with van der Waals surface area (Å²) in [5.41, 5.74) is 4.03. The third kappa shape index (κ3) is 6.91. The number of benzene rings is 1. The molecule has 0 aliphatic carbocycles. The smallest absolute Gasteiger partial charge is 0.221 e. The van der Waals surface area contributed by atoms with Crippen molar-refractivity contribution < 1.29 is 4.79 Å². The van der Waals surface area contributed by atoms with Crippen molar-refractivity contribution in [3.8, 4) is 0 Å². The maximum Gasteiger partial charge on any atom is 0.221 e. The summed E-state index contributed by atoms with van der Waals surface area (Å²) in [5.74, 6) is 0. The number of aryl methyl sites for hydroxylation is 2. The second kappa shape index (κ2) is 9.77. The maximum absolute atomic E-state index is 10.6. The largest absolute Gasteiger partial charge is 0.281 e. The highest BCUT2D eigenvalue weighted by Crippen LogP contribution is 2.16. The van der Waals surface area contributed by atoms with Crippen molar-refractivity contribution in [3.05, 3.63) is 41.0 Å². The normalized spacial score (nSPS) is 11.2. The van der Waals surface area contributed by atoms with Crippen LogP contribution in [0.2, 0.25) is 0 Å². The molecule has 0 saturated heterocycles. The van der Waals surface area contributed by atoms with Crippen LogP contribution in [0.5, 0.6) is 0 Å². The number of carbonyl (C=O) groups is 1. The molecule has 0 heterocycles. The number of allylic oxidation sites excluding steroid dienone is 1. The maximum atomic E-state index is 10.6. The molecule has 1 aromatic carbocycles. The van der Waals surface area contributed by atoms with Gasteiger partial charge in [-0.1, -0.05) is 49.6 Å². The van der Waals surface area contributed by atoms with Gasteiger partial charge in [-0.3, -0.25) is 4.79 Å². The van der Waals surface area contributed by atoms with Crippen molar-refractivity contribution in [1.29, 1.82) is 0 Å². The first kappa shape index (κ1) is 17.0. The molecule has 0 aliphatic heterocycles. The van der Waals surface area contributed by atoms with E-state index in [1.165, 1.54) is 36.0 Å². The van der Waals surface area contributed by atoms with Gasteiger partial charge in [0.2, 0.25) is 5.24 Å². The van der Waals surface area contributed by atoms with Gasteiger partial charge < -0.3 is 0 Å². The molecule has 0 N–H and O–H groups in total.